The van der Waals surface area contributed by atoms with Gasteiger partial charge in [0.25, 0.3) is 0 Å². The lowest BCUT2D eigenvalue weighted by molar-refractivity contribution is -0.185. The molecule has 0 radical (unpaired) electrons. The molecule has 0 heterocycles. The van der Waals surface area contributed by atoms with E-state index in [0.29, 0.717) is 6.42 Å². The number of primary amides is 1. The zero-order valence-corrected chi connectivity index (χ0v) is 8.31. The van der Waals surface area contributed by atoms with Crippen molar-refractivity contribution in [3.05, 3.63) is 0 Å². The summed E-state index contributed by atoms with van der Waals surface area (Å²) in [6, 6.07) is -0.677. The minimum Gasteiger partial charge on any atom is -0.352 e. The normalized spacial score (nSPS) is 27.4. The van der Waals surface area contributed by atoms with Crippen LogP contribution in [0.4, 0.5) is 18.0 Å². The van der Waals surface area contributed by atoms with Crippen molar-refractivity contribution in [3.63, 3.8) is 0 Å². The van der Waals surface area contributed by atoms with Gasteiger partial charge in [-0.15, -0.1) is 0 Å². The van der Waals surface area contributed by atoms with Crippen LogP contribution in [0.3, 0.4) is 0 Å². The maximum atomic E-state index is 12.4. The topological polar surface area (TPSA) is 55.1 Å². The highest BCUT2D eigenvalue weighted by Gasteiger charge is 2.41. The first-order chi connectivity index (χ1) is 6.89. The summed E-state index contributed by atoms with van der Waals surface area (Å²) >= 11 is 0. The molecule has 88 valence electrons. The molecule has 0 aromatic rings. The number of hydrogen-bond donors (Lipinski definition) is 2. The summed E-state index contributed by atoms with van der Waals surface area (Å²) in [6.07, 6.45) is -2.51. The highest BCUT2D eigenvalue weighted by atomic mass is 19.4. The van der Waals surface area contributed by atoms with E-state index in [0.717, 1.165) is 6.42 Å². The molecule has 3 nitrogen and oxygen atoms in total. The lowest BCUT2D eigenvalue weighted by Crippen LogP contribution is -2.37. The molecule has 0 bridgehead atoms. The minimum atomic E-state index is -4.11. The van der Waals surface area contributed by atoms with E-state index < -0.39 is 18.1 Å². The molecular formula is C9H15F3N2O. The van der Waals surface area contributed by atoms with Crippen LogP contribution in [0.25, 0.3) is 0 Å². The van der Waals surface area contributed by atoms with Crippen molar-refractivity contribution in [2.75, 3.05) is 6.54 Å². The van der Waals surface area contributed by atoms with E-state index in [9.17, 15) is 18.0 Å². The molecule has 3 N–H and O–H groups in total. The van der Waals surface area contributed by atoms with E-state index in [1.54, 1.807) is 0 Å². The van der Waals surface area contributed by atoms with Crippen molar-refractivity contribution < 1.29 is 18.0 Å². The first kappa shape index (κ1) is 12.1. The number of carbonyl (C=O) groups is 1. The standard InChI is InChI=1S/C9H15F3N2O/c10-9(11,12)7-3-1-2-6(4-7)5-14-8(13)15/h6-7H,1-5H2,(H3,13,14,15). The molecule has 6 heteroatoms. The predicted molar refractivity (Wildman–Crippen MR) is 49.1 cm³/mol. The fourth-order valence-electron chi connectivity index (χ4n) is 2.02. The summed E-state index contributed by atoms with van der Waals surface area (Å²) in [5.74, 6) is -1.32. The van der Waals surface area contributed by atoms with Gasteiger partial charge >= 0.3 is 12.2 Å². The van der Waals surface area contributed by atoms with E-state index in [1.165, 1.54) is 0 Å². The Balaban J connectivity index is 2.39. The maximum absolute atomic E-state index is 12.4. The smallest absolute Gasteiger partial charge is 0.352 e. The van der Waals surface area contributed by atoms with Gasteiger partial charge < -0.3 is 11.1 Å². The first-order valence-electron chi connectivity index (χ1n) is 4.99. The largest absolute Gasteiger partial charge is 0.391 e. The van der Waals surface area contributed by atoms with Gasteiger partial charge in [-0.2, -0.15) is 13.2 Å². The number of alkyl halides is 3. The molecule has 2 unspecified atom stereocenters. The minimum absolute atomic E-state index is 0.0992. The van der Waals surface area contributed by atoms with Crippen molar-refractivity contribution in [1.82, 2.24) is 5.32 Å². The fraction of sp³-hybridized carbons (Fsp3) is 0.889. The Hall–Kier alpha value is -0.940. The van der Waals surface area contributed by atoms with E-state index in [4.69, 9.17) is 5.73 Å². The Morgan fingerprint density at radius 1 is 1.40 bits per heavy atom. The lowest BCUT2D eigenvalue weighted by Gasteiger charge is -2.30. The molecule has 0 spiro atoms. The van der Waals surface area contributed by atoms with Crippen molar-refractivity contribution in [2.45, 2.75) is 31.9 Å². The molecule has 1 fully saturated rings. The molecule has 1 rings (SSSR count). The summed E-state index contributed by atoms with van der Waals surface area (Å²) in [4.78, 5) is 10.4. The van der Waals surface area contributed by atoms with Crippen LogP contribution in [0.1, 0.15) is 25.7 Å². The summed E-state index contributed by atoms with van der Waals surface area (Å²) in [7, 11) is 0. The number of carbonyl (C=O) groups excluding carboxylic acids is 1. The second-order valence-corrected chi connectivity index (χ2v) is 4.02. The maximum Gasteiger partial charge on any atom is 0.391 e. The van der Waals surface area contributed by atoms with Crippen LogP contribution in [0.2, 0.25) is 0 Å². The average molecular weight is 224 g/mol. The summed E-state index contributed by atoms with van der Waals surface area (Å²) in [6.45, 7) is 0.252. The Labute approximate surface area is 86.2 Å². The lowest BCUT2D eigenvalue weighted by atomic mass is 9.81. The van der Waals surface area contributed by atoms with Crippen LogP contribution in [-0.4, -0.2) is 18.8 Å². The molecule has 0 aliphatic heterocycles. The van der Waals surface area contributed by atoms with Gasteiger partial charge in [0.2, 0.25) is 0 Å². The molecule has 1 saturated carbocycles. The van der Waals surface area contributed by atoms with Crippen LogP contribution in [0.5, 0.6) is 0 Å². The van der Waals surface area contributed by atoms with Gasteiger partial charge in [-0.3, -0.25) is 0 Å². The molecule has 2 amide bonds. The van der Waals surface area contributed by atoms with Crippen LogP contribution in [0.15, 0.2) is 0 Å². The number of nitrogens with two attached hydrogens (primary N) is 1. The third-order valence-electron chi connectivity index (χ3n) is 2.81. The second kappa shape index (κ2) is 4.72. The van der Waals surface area contributed by atoms with E-state index in [1.807, 2.05) is 0 Å². The Kier molecular flexibility index (Phi) is 3.82. The molecule has 2 atom stereocenters. The monoisotopic (exact) mass is 224 g/mol. The zero-order valence-electron chi connectivity index (χ0n) is 8.31. The van der Waals surface area contributed by atoms with Crippen molar-refractivity contribution >= 4 is 6.03 Å². The third-order valence-corrected chi connectivity index (χ3v) is 2.81. The fourth-order valence-corrected chi connectivity index (χ4v) is 2.02. The highest BCUT2D eigenvalue weighted by molar-refractivity contribution is 5.71. The molecule has 15 heavy (non-hydrogen) atoms. The SMILES string of the molecule is NC(=O)NCC1CCCC(C(F)(F)F)C1. The van der Waals surface area contributed by atoms with Crippen LogP contribution < -0.4 is 11.1 Å². The Bertz CT molecular complexity index is 230. The number of halogens is 3. The van der Waals surface area contributed by atoms with Gasteiger partial charge in [0.1, 0.15) is 0 Å². The van der Waals surface area contributed by atoms with Gasteiger partial charge in [-0.1, -0.05) is 6.42 Å². The van der Waals surface area contributed by atoms with Gasteiger partial charge in [0.05, 0.1) is 5.92 Å². The van der Waals surface area contributed by atoms with Gasteiger partial charge in [0, 0.05) is 6.54 Å². The zero-order chi connectivity index (χ0) is 11.5. The number of nitrogens with one attached hydrogen (secondary N) is 1. The number of rotatable bonds is 2. The van der Waals surface area contributed by atoms with E-state index in [-0.39, 0.29) is 25.3 Å². The molecule has 0 aromatic heterocycles. The quantitative estimate of drug-likeness (QED) is 0.740. The van der Waals surface area contributed by atoms with Crippen molar-refractivity contribution in [2.24, 2.45) is 17.6 Å². The first-order valence-corrected chi connectivity index (χ1v) is 4.99. The van der Waals surface area contributed by atoms with Crippen molar-refractivity contribution in [3.8, 4) is 0 Å². The molecule has 1 aliphatic rings. The number of amides is 2. The second-order valence-electron chi connectivity index (χ2n) is 4.02. The summed E-state index contributed by atoms with van der Waals surface area (Å²) in [5, 5.41) is 2.36. The molecular weight excluding hydrogens is 209 g/mol. The molecule has 1 aliphatic carbocycles. The Morgan fingerprint density at radius 3 is 2.60 bits per heavy atom. The summed E-state index contributed by atoms with van der Waals surface area (Å²) in [5.41, 5.74) is 4.86. The number of hydrogen-bond acceptors (Lipinski definition) is 1. The average Bonchev–Trinajstić information content (AvgIpc) is 2.14. The number of urea groups is 1. The van der Waals surface area contributed by atoms with Crippen LogP contribution >= 0.6 is 0 Å². The van der Waals surface area contributed by atoms with E-state index in [2.05, 4.69) is 5.32 Å². The predicted octanol–water partition coefficient (Wildman–Crippen LogP) is 2.02. The van der Waals surface area contributed by atoms with Gasteiger partial charge in [-0.05, 0) is 25.2 Å². The Morgan fingerprint density at radius 2 is 2.07 bits per heavy atom. The molecule has 0 saturated heterocycles. The van der Waals surface area contributed by atoms with Crippen molar-refractivity contribution in [1.29, 1.82) is 0 Å². The summed E-state index contributed by atoms with van der Waals surface area (Å²) < 4.78 is 37.2. The van der Waals surface area contributed by atoms with Gasteiger partial charge in [-0.25, -0.2) is 4.79 Å². The highest BCUT2D eigenvalue weighted by Crippen LogP contribution is 2.39. The van der Waals surface area contributed by atoms with E-state index >= 15 is 0 Å². The van der Waals surface area contributed by atoms with Gasteiger partial charge in [0.15, 0.2) is 0 Å². The van der Waals surface area contributed by atoms with Crippen LogP contribution in [-0.2, 0) is 0 Å². The van der Waals surface area contributed by atoms with Crippen LogP contribution in [0, 0.1) is 11.8 Å². The third kappa shape index (κ3) is 3.97. The molecule has 0 aromatic carbocycles.